The number of aromatic carboxylic acids is 1. The lowest BCUT2D eigenvalue weighted by Crippen LogP contribution is -2.38. The van der Waals surface area contributed by atoms with Gasteiger partial charge < -0.3 is 10.0 Å². The summed E-state index contributed by atoms with van der Waals surface area (Å²) in [7, 11) is 0.978. The number of anilines is 1. The van der Waals surface area contributed by atoms with Gasteiger partial charge in [-0.2, -0.15) is 5.10 Å². The fraction of sp³-hybridized carbons (Fsp3) is 0.462. The average Bonchev–Trinajstić information content (AvgIpc) is 2.74. The van der Waals surface area contributed by atoms with Crippen molar-refractivity contribution in [2.45, 2.75) is 6.92 Å². The van der Waals surface area contributed by atoms with E-state index in [-0.39, 0.29) is 5.56 Å². The van der Waals surface area contributed by atoms with Gasteiger partial charge in [0.15, 0.2) is 5.65 Å². The highest BCUT2D eigenvalue weighted by Crippen LogP contribution is 2.32. The molecule has 1 saturated heterocycles. The normalized spacial score (nSPS) is 16.6. The molecule has 0 saturated carbocycles. The Morgan fingerprint density at radius 1 is 1.38 bits per heavy atom. The van der Waals surface area contributed by atoms with E-state index in [0.29, 0.717) is 35.9 Å². The summed E-state index contributed by atoms with van der Waals surface area (Å²) in [6.07, 6.45) is 1.38. The molecule has 21 heavy (non-hydrogen) atoms. The number of carboxylic acids is 1. The van der Waals surface area contributed by atoms with Crippen molar-refractivity contribution in [3.8, 4) is 0 Å². The summed E-state index contributed by atoms with van der Waals surface area (Å²) in [5.41, 5.74) is 2.24. The molecule has 0 unspecified atom stereocenters. The van der Waals surface area contributed by atoms with E-state index in [1.165, 1.54) is 6.20 Å². The summed E-state index contributed by atoms with van der Waals surface area (Å²) in [6, 6.07) is 0. The smallest absolute Gasteiger partial charge is 0.339 e. The van der Waals surface area contributed by atoms with Crippen molar-refractivity contribution in [3.05, 3.63) is 17.5 Å². The molecule has 7 nitrogen and oxygen atoms in total. The second-order valence-corrected chi connectivity index (χ2v) is 6.76. The second kappa shape index (κ2) is 5.10. The van der Waals surface area contributed by atoms with E-state index in [9.17, 15) is 14.1 Å². The van der Waals surface area contributed by atoms with Gasteiger partial charge in [0.1, 0.15) is 5.56 Å². The number of hydrogen-bond donors (Lipinski definition) is 1. The Morgan fingerprint density at radius 2 is 2.05 bits per heavy atom. The van der Waals surface area contributed by atoms with Crippen molar-refractivity contribution in [2.75, 3.05) is 29.5 Å². The lowest BCUT2D eigenvalue weighted by molar-refractivity contribution is 0.0697. The van der Waals surface area contributed by atoms with E-state index >= 15 is 0 Å². The number of pyridine rings is 1. The highest BCUT2D eigenvalue weighted by molar-refractivity contribution is 7.85. The van der Waals surface area contributed by atoms with Crippen LogP contribution >= 0.6 is 0 Å². The molecule has 1 fully saturated rings. The molecule has 1 aliphatic heterocycles. The van der Waals surface area contributed by atoms with Gasteiger partial charge in [-0.05, 0) is 6.92 Å². The van der Waals surface area contributed by atoms with Crippen LogP contribution in [0.2, 0.25) is 0 Å². The minimum absolute atomic E-state index is 0.172. The minimum Gasteiger partial charge on any atom is -0.478 e. The van der Waals surface area contributed by atoms with Crippen LogP contribution in [-0.4, -0.2) is 54.6 Å². The molecule has 3 heterocycles. The number of hydrogen-bond acceptors (Lipinski definition) is 5. The SMILES string of the molecule is Cc1nn(C)c2ncc(C(=O)O)c(N3CCS(=O)CC3)c12. The molecular weight excluding hydrogens is 292 g/mol. The molecule has 1 aliphatic rings. The minimum atomic E-state index is -1.01. The monoisotopic (exact) mass is 308 g/mol. The Hall–Kier alpha value is -1.96. The summed E-state index contributed by atoms with van der Waals surface area (Å²) >= 11 is 0. The lowest BCUT2D eigenvalue weighted by atomic mass is 10.1. The van der Waals surface area contributed by atoms with Gasteiger partial charge in [-0.3, -0.25) is 8.89 Å². The van der Waals surface area contributed by atoms with E-state index in [1.807, 2.05) is 11.8 Å². The Balaban J connectivity index is 2.23. The van der Waals surface area contributed by atoms with E-state index < -0.39 is 16.8 Å². The second-order valence-electron chi connectivity index (χ2n) is 5.07. The summed E-state index contributed by atoms with van der Waals surface area (Å²) < 4.78 is 13.2. The maximum Gasteiger partial charge on any atom is 0.339 e. The maximum atomic E-state index is 11.5. The zero-order chi connectivity index (χ0) is 15.1. The number of carbonyl (C=O) groups is 1. The Morgan fingerprint density at radius 3 is 2.67 bits per heavy atom. The molecule has 8 heteroatoms. The molecule has 0 bridgehead atoms. The predicted octanol–water partition coefficient (Wildman–Crippen LogP) is 0.544. The quantitative estimate of drug-likeness (QED) is 0.871. The lowest BCUT2D eigenvalue weighted by Gasteiger charge is -2.30. The van der Waals surface area contributed by atoms with Crippen LogP contribution in [0.5, 0.6) is 0 Å². The maximum absolute atomic E-state index is 11.5. The first-order chi connectivity index (χ1) is 9.99. The molecule has 2 aromatic rings. The number of fused-ring (bicyclic) bond motifs is 1. The van der Waals surface area contributed by atoms with Gasteiger partial charge in [-0.25, -0.2) is 9.78 Å². The van der Waals surface area contributed by atoms with E-state index in [2.05, 4.69) is 10.1 Å². The number of carboxylic acid groups (broad SMARTS) is 1. The summed E-state index contributed by atoms with van der Waals surface area (Å²) in [5, 5.41) is 14.6. The van der Waals surface area contributed by atoms with Crippen molar-refractivity contribution in [1.82, 2.24) is 14.8 Å². The van der Waals surface area contributed by atoms with Crippen molar-refractivity contribution >= 4 is 33.5 Å². The van der Waals surface area contributed by atoms with Crippen LogP contribution in [0, 0.1) is 6.92 Å². The molecule has 0 radical (unpaired) electrons. The fourth-order valence-electron chi connectivity index (χ4n) is 2.74. The molecule has 2 aromatic heterocycles. The number of nitrogens with zero attached hydrogens (tertiary/aromatic N) is 4. The van der Waals surface area contributed by atoms with Gasteiger partial charge in [-0.15, -0.1) is 0 Å². The molecule has 0 atom stereocenters. The molecule has 0 aliphatic carbocycles. The summed E-state index contributed by atoms with van der Waals surface area (Å²) in [4.78, 5) is 17.8. The standard InChI is InChI=1S/C13H16N4O3S/c1-8-10-11(17-3-5-21(20)6-4-17)9(13(18)19)7-14-12(10)16(2)15-8/h7H,3-6H2,1-2H3,(H,18,19). The zero-order valence-corrected chi connectivity index (χ0v) is 12.7. The molecular formula is C13H16N4O3S. The third kappa shape index (κ3) is 2.29. The Kier molecular flexibility index (Phi) is 3.40. The Labute approximate surface area is 124 Å². The topological polar surface area (TPSA) is 88.3 Å². The van der Waals surface area contributed by atoms with Crippen LogP contribution in [0.1, 0.15) is 16.1 Å². The van der Waals surface area contributed by atoms with Gasteiger partial charge >= 0.3 is 5.97 Å². The van der Waals surface area contributed by atoms with Crippen LogP contribution in [-0.2, 0) is 17.8 Å². The number of aryl methyl sites for hydroxylation is 2. The van der Waals surface area contributed by atoms with Gasteiger partial charge in [0.2, 0.25) is 0 Å². The fourth-order valence-corrected chi connectivity index (χ4v) is 3.79. The van der Waals surface area contributed by atoms with Gasteiger partial charge in [0, 0.05) is 48.6 Å². The average molecular weight is 308 g/mol. The van der Waals surface area contributed by atoms with Gasteiger partial charge in [0.05, 0.1) is 16.8 Å². The Bertz CT molecular complexity index is 745. The molecule has 0 amide bonds. The highest BCUT2D eigenvalue weighted by Gasteiger charge is 2.26. The van der Waals surface area contributed by atoms with Crippen LogP contribution in [0.4, 0.5) is 5.69 Å². The summed E-state index contributed by atoms with van der Waals surface area (Å²) in [6.45, 7) is 3.02. The number of aromatic nitrogens is 3. The van der Waals surface area contributed by atoms with Gasteiger partial charge in [-0.1, -0.05) is 0 Å². The third-order valence-electron chi connectivity index (χ3n) is 3.72. The first-order valence-corrected chi connectivity index (χ1v) is 8.13. The van der Waals surface area contributed by atoms with Crippen LogP contribution in [0.15, 0.2) is 6.20 Å². The van der Waals surface area contributed by atoms with E-state index in [4.69, 9.17) is 0 Å². The highest BCUT2D eigenvalue weighted by atomic mass is 32.2. The summed E-state index contributed by atoms with van der Waals surface area (Å²) in [5.74, 6) is 0.110. The first-order valence-electron chi connectivity index (χ1n) is 6.64. The third-order valence-corrected chi connectivity index (χ3v) is 5.00. The van der Waals surface area contributed by atoms with Crippen LogP contribution in [0.3, 0.4) is 0 Å². The zero-order valence-electron chi connectivity index (χ0n) is 11.9. The predicted molar refractivity (Wildman–Crippen MR) is 80.3 cm³/mol. The number of rotatable bonds is 2. The molecule has 0 aromatic carbocycles. The van der Waals surface area contributed by atoms with Crippen molar-refractivity contribution in [3.63, 3.8) is 0 Å². The molecule has 0 spiro atoms. The largest absolute Gasteiger partial charge is 0.478 e. The first kappa shape index (κ1) is 14.0. The van der Waals surface area contributed by atoms with E-state index in [1.54, 1.807) is 11.7 Å². The van der Waals surface area contributed by atoms with E-state index in [0.717, 1.165) is 11.1 Å². The van der Waals surface area contributed by atoms with Crippen molar-refractivity contribution in [2.24, 2.45) is 7.05 Å². The molecule has 1 N–H and O–H groups in total. The van der Waals surface area contributed by atoms with Crippen LogP contribution in [0.25, 0.3) is 11.0 Å². The van der Waals surface area contributed by atoms with Crippen LogP contribution < -0.4 is 4.90 Å². The van der Waals surface area contributed by atoms with Crippen molar-refractivity contribution in [1.29, 1.82) is 0 Å². The molecule has 112 valence electrons. The van der Waals surface area contributed by atoms with Gasteiger partial charge in [0.25, 0.3) is 0 Å². The molecule has 3 rings (SSSR count). The van der Waals surface area contributed by atoms with Crippen molar-refractivity contribution < 1.29 is 14.1 Å².